The fraction of sp³-hybridized carbons (Fsp3) is 0.400. The Morgan fingerprint density at radius 3 is 2.71 bits per heavy atom. The molecule has 0 amide bonds. The molecule has 1 aromatic carbocycles. The summed E-state index contributed by atoms with van der Waals surface area (Å²) in [5.74, 6) is 1.20. The van der Waals surface area contributed by atoms with Crippen molar-refractivity contribution in [3.63, 3.8) is 0 Å². The van der Waals surface area contributed by atoms with Crippen molar-refractivity contribution in [1.29, 1.82) is 0 Å². The Balaban J connectivity index is 2.23. The van der Waals surface area contributed by atoms with Gasteiger partial charge in [0.25, 0.3) is 0 Å². The van der Waals surface area contributed by atoms with E-state index in [1.807, 2.05) is 36.7 Å². The molecule has 0 saturated heterocycles. The van der Waals surface area contributed by atoms with E-state index in [0.29, 0.717) is 28.5 Å². The van der Waals surface area contributed by atoms with Crippen molar-refractivity contribution in [2.24, 2.45) is 0 Å². The van der Waals surface area contributed by atoms with Crippen LogP contribution >= 0.6 is 27.5 Å². The Morgan fingerprint density at radius 2 is 2.10 bits per heavy atom. The second kappa shape index (κ2) is 7.18. The number of hydrogen-bond acceptors (Lipinski definition) is 3. The number of nitrogens with zero attached hydrogens (tertiary/aromatic N) is 2. The van der Waals surface area contributed by atoms with Gasteiger partial charge in [0.15, 0.2) is 11.5 Å². The molecular formula is C15H18BrClN2O2. The molecule has 0 aliphatic carbocycles. The van der Waals surface area contributed by atoms with E-state index >= 15 is 0 Å². The SMILES string of the molecule is CCn1nc(C)cc1COc1c(Cl)cc(CBr)cc1OC. The van der Waals surface area contributed by atoms with Crippen LogP contribution in [0.25, 0.3) is 0 Å². The maximum atomic E-state index is 6.29. The maximum Gasteiger partial charge on any atom is 0.180 e. The summed E-state index contributed by atoms with van der Waals surface area (Å²) in [6, 6.07) is 5.80. The minimum atomic E-state index is 0.401. The third-order valence-corrected chi connectivity index (χ3v) is 4.02. The summed E-state index contributed by atoms with van der Waals surface area (Å²) in [5, 5.41) is 5.66. The number of aromatic nitrogens is 2. The van der Waals surface area contributed by atoms with Gasteiger partial charge in [-0.2, -0.15) is 5.10 Å². The quantitative estimate of drug-likeness (QED) is 0.706. The van der Waals surface area contributed by atoms with Gasteiger partial charge in [-0.1, -0.05) is 27.5 Å². The lowest BCUT2D eigenvalue weighted by Gasteiger charge is -2.14. The molecule has 1 aromatic heterocycles. The lowest BCUT2D eigenvalue weighted by molar-refractivity contribution is 0.274. The average Bonchev–Trinajstić information content (AvgIpc) is 2.85. The number of ether oxygens (including phenoxy) is 2. The number of aryl methyl sites for hydroxylation is 2. The molecule has 0 aliphatic rings. The second-order valence-corrected chi connectivity index (χ2v) is 5.59. The molecule has 1 heterocycles. The van der Waals surface area contributed by atoms with E-state index in [2.05, 4.69) is 21.0 Å². The first-order chi connectivity index (χ1) is 10.1. The van der Waals surface area contributed by atoms with Gasteiger partial charge in [-0.25, -0.2) is 0 Å². The van der Waals surface area contributed by atoms with Crippen molar-refractivity contribution >= 4 is 27.5 Å². The normalized spacial score (nSPS) is 10.7. The molecule has 21 heavy (non-hydrogen) atoms. The van der Waals surface area contributed by atoms with Gasteiger partial charge in [-0.3, -0.25) is 4.68 Å². The number of hydrogen-bond donors (Lipinski definition) is 0. The summed E-state index contributed by atoms with van der Waals surface area (Å²) in [5.41, 5.74) is 3.03. The Labute approximate surface area is 138 Å². The van der Waals surface area contributed by atoms with E-state index in [1.165, 1.54) is 0 Å². The molecule has 114 valence electrons. The zero-order valence-corrected chi connectivity index (χ0v) is 14.7. The van der Waals surface area contributed by atoms with Crippen LogP contribution in [0.2, 0.25) is 5.02 Å². The Bertz CT molecular complexity index is 628. The van der Waals surface area contributed by atoms with Gasteiger partial charge in [0.1, 0.15) is 6.61 Å². The fourth-order valence-corrected chi connectivity index (χ4v) is 2.74. The van der Waals surface area contributed by atoms with E-state index in [4.69, 9.17) is 21.1 Å². The lowest BCUT2D eigenvalue weighted by Crippen LogP contribution is -2.07. The predicted molar refractivity (Wildman–Crippen MR) is 87.6 cm³/mol. The van der Waals surface area contributed by atoms with Gasteiger partial charge in [0.2, 0.25) is 0 Å². The number of halogens is 2. The fourth-order valence-electron chi connectivity index (χ4n) is 2.13. The molecule has 2 aromatic rings. The number of rotatable bonds is 6. The number of methoxy groups -OCH3 is 1. The Morgan fingerprint density at radius 1 is 1.33 bits per heavy atom. The molecule has 0 saturated carbocycles. The second-order valence-electron chi connectivity index (χ2n) is 4.62. The van der Waals surface area contributed by atoms with E-state index in [1.54, 1.807) is 7.11 Å². The van der Waals surface area contributed by atoms with E-state index in [9.17, 15) is 0 Å². The molecule has 0 fully saturated rings. The summed E-state index contributed by atoms with van der Waals surface area (Å²) >= 11 is 9.70. The highest BCUT2D eigenvalue weighted by Gasteiger charge is 2.13. The highest BCUT2D eigenvalue weighted by Crippen LogP contribution is 2.37. The van der Waals surface area contributed by atoms with E-state index in [0.717, 1.165) is 23.5 Å². The van der Waals surface area contributed by atoms with Crippen LogP contribution in [-0.4, -0.2) is 16.9 Å². The zero-order chi connectivity index (χ0) is 15.4. The van der Waals surface area contributed by atoms with Crippen LogP contribution in [0.3, 0.4) is 0 Å². The van der Waals surface area contributed by atoms with Gasteiger partial charge >= 0.3 is 0 Å². The summed E-state index contributed by atoms with van der Waals surface area (Å²) in [6.45, 7) is 5.22. The monoisotopic (exact) mass is 372 g/mol. The molecule has 0 atom stereocenters. The molecule has 0 N–H and O–H groups in total. The molecule has 0 spiro atoms. The van der Waals surface area contributed by atoms with Gasteiger partial charge in [-0.05, 0) is 37.6 Å². The first-order valence-corrected chi connectivity index (χ1v) is 8.17. The summed E-state index contributed by atoms with van der Waals surface area (Å²) < 4.78 is 13.2. The van der Waals surface area contributed by atoms with Crippen molar-refractivity contribution in [3.8, 4) is 11.5 Å². The molecule has 0 aliphatic heterocycles. The van der Waals surface area contributed by atoms with Crippen molar-refractivity contribution in [2.45, 2.75) is 32.3 Å². The Kier molecular flexibility index (Phi) is 5.53. The minimum absolute atomic E-state index is 0.401. The van der Waals surface area contributed by atoms with Gasteiger partial charge < -0.3 is 9.47 Å². The van der Waals surface area contributed by atoms with Crippen LogP contribution in [0.5, 0.6) is 11.5 Å². The van der Waals surface area contributed by atoms with Crippen LogP contribution in [0.15, 0.2) is 18.2 Å². The average molecular weight is 374 g/mol. The van der Waals surface area contributed by atoms with Gasteiger partial charge in [0.05, 0.1) is 23.5 Å². The van der Waals surface area contributed by atoms with Crippen LogP contribution in [0.1, 0.15) is 23.9 Å². The van der Waals surface area contributed by atoms with E-state index in [-0.39, 0.29) is 0 Å². The molecule has 0 bridgehead atoms. The molecular weight excluding hydrogens is 356 g/mol. The molecule has 6 heteroatoms. The Hall–Kier alpha value is -1.20. The molecule has 2 rings (SSSR count). The topological polar surface area (TPSA) is 36.3 Å². The summed E-state index contributed by atoms with van der Waals surface area (Å²) in [7, 11) is 1.61. The van der Waals surface area contributed by atoms with Crippen LogP contribution in [-0.2, 0) is 18.5 Å². The predicted octanol–water partition coefficient (Wildman–Crippen LogP) is 4.35. The van der Waals surface area contributed by atoms with Gasteiger partial charge in [-0.15, -0.1) is 0 Å². The maximum absolute atomic E-state index is 6.29. The van der Waals surface area contributed by atoms with Crippen LogP contribution in [0, 0.1) is 6.92 Å². The zero-order valence-electron chi connectivity index (χ0n) is 12.3. The largest absolute Gasteiger partial charge is 0.493 e. The van der Waals surface area contributed by atoms with Crippen molar-refractivity contribution in [1.82, 2.24) is 9.78 Å². The minimum Gasteiger partial charge on any atom is -0.493 e. The molecule has 0 radical (unpaired) electrons. The lowest BCUT2D eigenvalue weighted by atomic mass is 10.2. The van der Waals surface area contributed by atoms with Crippen LogP contribution < -0.4 is 9.47 Å². The van der Waals surface area contributed by atoms with Crippen molar-refractivity contribution < 1.29 is 9.47 Å². The summed E-state index contributed by atoms with van der Waals surface area (Å²) in [6.07, 6.45) is 0. The highest BCUT2D eigenvalue weighted by molar-refractivity contribution is 9.08. The molecule has 0 unspecified atom stereocenters. The van der Waals surface area contributed by atoms with E-state index < -0.39 is 0 Å². The summed E-state index contributed by atoms with van der Waals surface area (Å²) in [4.78, 5) is 0. The van der Waals surface area contributed by atoms with Crippen LogP contribution in [0.4, 0.5) is 0 Å². The third-order valence-electron chi connectivity index (χ3n) is 3.09. The standard InChI is InChI=1S/C15H18BrClN2O2/c1-4-19-12(5-10(2)18-19)9-21-15-13(17)6-11(8-16)7-14(15)20-3/h5-7H,4,8-9H2,1-3H3. The third kappa shape index (κ3) is 3.71. The number of alkyl halides is 1. The first-order valence-electron chi connectivity index (χ1n) is 6.67. The first kappa shape index (κ1) is 16.2. The number of benzene rings is 1. The van der Waals surface area contributed by atoms with Crippen molar-refractivity contribution in [3.05, 3.63) is 40.2 Å². The smallest absolute Gasteiger partial charge is 0.180 e. The highest BCUT2D eigenvalue weighted by atomic mass is 79.9. The van der Waals surface area contributed by atoms with Gasteiger partial charge in [0, 0.05) is 11.9 Å². The molecule has 4 nitrogen and oxygen atoms in total. The van der Waals surface area contributed by atoms with Crippen molar-refractivity contribution in [2.75, 3.05) is 7.11 Å².